The van der Waals surface area contributed by atoms with Gasteiger partial charge in [-0.1, -0.05) is 0 Å². The first-order valence-electron chi connectivity index (χ1n) is 4.62. The number of nitriles is 1. The number of rotatable bonds is 5. The van der Waals surface area contributed by atoms with Crippen LogP contribution in [0.4, 0.5) is 0 Å². The number of amides is 1. The Morgan fingerprint density at radius 3 is 2.92 bits per heavy atom. The molecule has 0 aromatic carbocycles. The molecular weight excluding hydrogens is 166 g/mol. The monoisotopic (exact) mass is 181 g/mol. The molecule has 72 valence electrons. The molecular formula is C9H15N3O. The summed E-state index contributed by atoms with van der Waals surface area (Å²) < 4.78 is 0. The van der Waals surface area contributed by atoms with Gasteiger partial charge in [0.15, 0.2) is 0 Å². The van der Waals surface area contributed by atoms with Crippen LogP contribution in [0.3, 0.4) is 0 Å². The third-order valence-electron chi connectivity index (χ3n) is 1.95. The first kappa shape index (κ1) is 10.0. The Morgan fingerprint density at radius 1 is 1.69 bits per heavy atom. The lowest BCUT2D eigenvalue weighted by atomic mass is 10.2. The van der Waals surface area contributed by atoms with Crippen molar-refractivity contribution in [3.63, 3.8) is 0 Å². The van der Waals surface area contributed by atoms with Crippen molar-refractivity contribution in [1.29, 1.82) is 5.26 Å². The lowest BCUT2D eigenvalue weighted by molar-refractivity contribution is -0.120. The maximum atomic E-state index is 11.1. The van der Waals surface area contributed by atoms with Crippen LogP contribution in [0.15, 0.2) is 0 Å². The molecule has 0 radical (unpaired) electrons. The van der Waals surface area contributed by atoms with Gasteiger partial charge >= 0.3 is 0 Å². The van der Waals surface area contributed by atoms with Gasteiger partial charge in [-0.25, -0.2) is 0 Å². The van der Waals surface area contributed by atoms with E-state index in [4.69, 9.17) is 5.26 Å². The smallest absolute Gasteiger partial charge is 0.234 e. The minimum Gasteiger partial charge on any atom is -0.354 e. The van der Waals surface area contributed by atoms with Crippen LogP contribution in [-0.4, -0.2) is 25.0 Å². The van der Waals surface area contributed by atoms with Gasteiger partial charge in [-0.3, -0.25) is 4.79 Å². The van der Waals surface area contributed by atoms with E-state index in [0.717, 1.165) is 0 Å². The quantitative estimate of drug-likeness (QED) is 0.628. The second kappa shape index (κ2) is 4.83. The number of carbonyl (C=O) groups is 1. The largest absolute Gasteiger partial charge is 0.354 e. The maximum absolute atomic E-state index is 11.1. The Bertz CT molecular complexity index is 217. The molecule has 1 atom stereocenters. The highest BCUT2D eigenvalue weighted by Gasteiger charge is 2.20. The lowest BCUT2D eigenvalue weighted by Crippen LogP contribution is -2.36. The minimum atomic E-state index is -0.107. The Hall–Kier alpha value is -1.08. The Kier molecular flexibility index (Phi) is 3.71. The molecule has 0 aromatic heterocycles. The molecule has 0 aliphatic heterocycles. The first-order chi connectivity index (χ1) is 6.22. The summed E-state index contributed by atoms with van der Waals surface area (Å²) in [5.41, 5.74) is 0. The van der Waals surface area contributed by atoms with Crippen LogP contribution < -0.4 is 10.6 Å². The van der Waals surface area contributed by atoms with Gasteiger partial charge in [0.1, 0.15) is 0 Å². The number of carbonyl (C=O) groups excluding carboxylic acids is 1. The molecule has 1 unspecified atom stereocenters. The molecule has 0 bridgehead atoms. The van der Waals surface area contributed by atoms with E-state index in [1.807, 2.05) is 0 Å². The fourth-order valence-corrected chi connectivity index (χ4v) is 0.900. The molecule has 1 amide bonds. The highest BCUT2D eigenvalue weighted by molar-refractivity contribution is 5.78. The van der Waals surface area contributed by atoms with E-state index in [1.54, 1.807) is 6.92 Å². The SMILES string of the molecule is CC(C#N)CNC(=O)CNC1CC1. The zero-order chi connectivity index (χ0) is 9.68. The topological polar surface area (TPSA) is 64.9 Å². The van der Waals surface area contributed by atoms with Crippen molar-refractivity contribution in [2.24, 2.45) is 5.92 Å². The normalized spacial score (nSPS) is 17.5. The fourth-order valence-electron chi connectivity index (χ4n) is 0.900. The molecule has 4 nitrogen and oxygen atoms in total. The van der Waals surface area contributed by atoms with Crippen LogP contribution in [0.5, 0.6) is 0 Å². The van der Waals surface area contributed by atoms with Crippen molar-refractivity contribution in [2.75, 3.05) is 13.1 Å². The van der Waals surface area contributed by atoms with E-state index >= 15 is 0 Å². The zero-order valence-electron chi connectivity index (χ0n) is 7.84. The van der Waals surface area contributed by atoms with Gasteiger partial charge in [0.25, 0.3) is 0 Å². The summed E-state index contributed by atoms with van der Waals surface area (Å²) in [5.74, 6) is -0.126. The van der Waals surface area contributed by atoms with E-state index < -0.39 is 0 Å². The van der Waals surface area contributed by atoms with Gasteiger partial charge < -0.3 is 10.6 Å². The van der Waals surface area contributed by atoms with Crippen LogP contribution in [0, 0.1) is 17.2 Å². The third kappa shape index (κ3) is 4.48. The Balaban J connectivity index is 2.00. The summed E-state index contributed by atoms with van der Waals surface area (Å²) in [4.78, 5) is 11.1. The molecule has 1 fully saturated rings. The van der Waals surface area contributed by atoms with Crippen molar-refractivity contribution in [3.8, 4) is 6.07 Å². The predicted molar refractivity (Wildman–Crippen MR) is 48.8 cm³/mol. The van der Waals surface area contributed by atoms with Crippen molar-refractivity contribution < 1.29 is 4.79 Å². The van der Waals surface area contributed by atoms with Crippen molar-refractivity contribution in [3.05, 3.63) is 0 Å². The number of hydrogen-bond acceptors (Lipinski definition) is 3. The third-order valence-corrected chi connectivity index (χ3v) is 1.95. The maximum Gasteiger partial charge on any atom is 0.234 e. The van der Waals surface area contributed by atoms with Gasteiger partial charge in [-0.05, 0) is 19.8 Å². The number of nitrogens with zero attached hydrogens (tertiary/aromatic N) is 1. The molecule has 1 rings (SSSR count). The summed E-state index contributed by atoms with van der Waals surface area (Å²) >= 11 is 0. The highest BCUT2D eigenvalue weighted by atomic mass is 16.1. The molecule has 1 saturated carbocycles. The molecule has 1 aliphatic carbocycles. The molecule has 2 N–H and O–H groups in total. The van der Waals surface area contributed by atoms with Crippen LogP contribution in [0.1, 0.15) is 19.8 Å². The van der Waals surface area contributed by atoms with Crippen molar-refractivity contribution in [2.45, 2.75) is 25.8 Å². The van der Waals surface area contributed by atoms with Gasteiger partial charge in [-0.2, -0.15) is 5.26 Å². The molecule has 13 heavy (non-hydrogen) atoms. The average Bonchev–Trinajstić information content (AvgIpc) is 2.94. The molecule has 4 heteroatoms. The van der Waals surface area contributed by atoms with Gasteiger partial charge in [0.2, 0.25) is 5.91 Å². The van der Waals surface area contributed by atoms with Crippen molar-refractivity contribution in [1.82, 2.24) is 10.6 Å². The van der Waals surface area contributed by atoms with Gasteiger partial charge in [0.05, 0.1) is 18.5 Å². The summed E-state index contributed by atoms with van der Waals surface area (Å²) in [5, 5.41) is 14.3. The van der Waals surface area contributed by atoms with E-state index in [2.05, 4.69) is 16.7 Å². The van der Waals surface area contributed by atoms with Crippen LogP contribution in [0.25, 0.3) is 0 Å². The summed E-state index contributed by atoms with van der Waals surface area (Å²) in [7, 11) is 0. The van der Waals surface area contributed by atoms with Crippen molar-refractivity contribution >= 4 is 5.91 Å². The molecule has 0 saturated heterocycles. The minimum absolute atomic E-state index is 0.0194. The fraction of sp³-hybridized carbons (Fsp3) is 0.778. The predicted octanol–water partition coefficient (Wildman–Crippen LogP) is 0.0143. The highest BCUT2D eigenvalue weighted by Crippen LogP contribution is 2.17. The van der Waals surface area contributed by atoms with Crippen LogP contribution in [0.2, 0.25) is 0 Å². The molecule has 1 aliphatic rings. The van der Waals surface area contributed by atoms with E-state index in [9.17, 15) is 4.79 Å². The number of hydrogen-bond donors (Lipinski definition) is 2. The van der Waals surface area contributed by atoms with E-state index in [0.29, 0.717) is 19.1 Å². The van der Waals surface area contributed by atoms with Gasteiger partial charge in [0, 0.05) is 12.6 Å². The first-order valence-corrected chi connectivity index (χ1v) is 4.62. The summed E-state index contributed by atoms with van der Waals surface area (Å²) in [6.45, 7) is 2.61. The average molecular weight is 181 g/mol. The van der Waals surface area contributed by atoms with Crippen LogP contribution in [-0.2, 0) is 4.79 Å². The van der Waals surface area contributed by atoms with E-state index in [1.165, 1.54) is 12.8 Å². The van der Waals surface area contributed by atoms with Gasteiger partial charge in [-0.15, -0.1) is 0 Å². The second-order valence-electron chi connectivity index (χ2n) is 3.49. The molecule has 0 aromatic rings. The van der Waals surface area contributed by atoms with Crippen LogP contribution >= 0.6 is 0 Å². The number of nitrogens with one attached hydrogen (secondary N) is 2. The zero-order valence-corrected chi connectivity index (χ0v) is 7.84. The summed E-state index contributed by atoms with van der Waals surface area (Å²) in [6.07, 6.45) is 2.36. The second-order valence-corrected chi connectivity index (χ2v) is 3.49. The summed E-state index contributed by atoms with van der Waals surface area (Å²) in [6, 6.07) is 2.62. The Labute approximate surface area is 78.3 Å². The lowest BCUT2D eigenvalue weighted by Gasteiger charge is -2.06. The van der Waals surface area contributed by atoms with E-state index in [-0.39, 0.29) is 11.8 Å². The standard InChI is InChI=1S/C9H15N3O/c1-7(4-10)5-12-9(13)6-11-8-2-3-8/h7-8,11H,2-3,5-6H2,1H3,(H,12,13). The molecule has 0 heterocycles. The molecule has 0 spiro atoms. The Morgan fingerprint density at radius 2 is 2.38 bits per heavy atom.